The molecule has 1 aromatic rings. The summed E-state index contributed by atoms with van der Waals surface area (Å²) in [6.45, 7) is 6.39. The van der Waals surface area contributed by atoms with Crippen LogP contribution in [0, 0.1) is 13.8 Å². The lowest BCUT2D eigenvalue weighted by molar-refractivity contribution is 0.205. The van der Waals surface area contributed by atoms with E-state index in [0.29, 0.717) is 0 Å². The van der Waals surface area contributed by atoms with Gasteiger partial charge < -0.3 is 10.4 Å². The Morgan fingerprint density at radius 3 is 2.73 bits per heavy atom. The molecular weight excluding hydrogens is 186 g/mol. The average molecular weight is 205 g/mol. The van der Waals surface area contributed by atoms with Crippen LogP contribution >= 0.6 is 0 Å². The van der Waals surface area contributed by atoms with Crippen molar-refractivity contribution in [1.29, 1.82) is 0 Å². The molecule has 1 aromatic carbocycles. The minimum atomic E-state index is -0.0439. The summed E-state index contributed by atoms with van der Waals surface area (Å²) < 4.78 is 0. The number of hydrogen-bond acceptors (Lipinski definition) is 2. The van der Waals surface area contributed by atoms with E-state index in [1.54, 1.807) is 0 Å². The highest BCUT2D eigenvalue weighted by atomic mass is 16.3. The first-order chi connectivity index (χ1) is 7.18. The lowest BCUT2D eigenvalue weighted by Crippen LogP contribution is -2.33. The standard InChI is InChI=1S/C13H19NO/c1-10-3-4-12(11(2)7-10)13(9-15)5-6-14-8-13/h3-4,7,14-15H,5-6,8-9H2,1-2H3. The number of aryl methyl sites for hydroxylation is 2. The first-order valence-corrected chi connectivity index (χ1v) is 5.57. The first kappa shape index (κ1) is 10.7. The molecule has 0 amide bonds. The van der Waals surface area contributed by atoms with Gasteiger partial charge in [-0.05, 0) is 37.9 Å². The third-order valence-corrected chi connectivity index (χ3v) is 3.50. The van der Waals surface area contributed by atoms with Crippen LogP contribution in [0.3, 0.4) is 0 Å². The van der Waals surface area contributed by atoms with Gasteiger partial charge in [0.1, 0.15) is 0 Å². The van der Waals surface area contributed by atoms with Crippen molar-refractivity contribution in [1.82, 2.24) is 5.32 Å². The van der Waals surface area contributed by atoms with Gasteiger partial charge in [-0.15, -0.1) is 0 Å². The molecule has 2 nitrogen and oxygen atoms in total. The van der Waals surface area contributed by atoms with E-state index in [9.17, 15) is 5.11 Å². The summed E-state index contributed by atoms with van der Waals surface area (Å²) in [5, 5.41) is 13.0. The van der Waals surface area contributed by atoms with Gasteiger partial charge in [-0.2, -0.15) is 0 Å². The molecule has 0 saturated carbocycles. The van der Waals surface area contributed by atoms with E-state index in [2.05, 4.69) is 37.4 Å². The monoisotopic (exact) mass is 205 g/mol. The van der Waals surface area contributed by atoms with E-state index >= 15 is 0 Å². The van der Waals surface area contributed by atoms with Gasteiger partial charge in [-0.25, -0.2) is 0 Å². The minimum Gasteiger partial charge on any atom is -0.395 e. The van der Waals surface area contributed by atoms with Crippen molar-refractivity contribution < 1.29 is 5.11 Å². The molecular formula is C13H19NO. The lowest BCUT2D eigenvalue weighted by Gasteiger charge is -2.28. The Morgan fingerprint density at radius 1 is 1.40 bits per heavy atom. The fraction of sp³-hybridized carbons (Fsp3) is 0.538. The Bertz CT molecular complexity index is 354. The van der Waals surface area contributed by atoms with Crippen molar-refractivity contribution in [2.75, 3.05) is 19.7 Å². The van der Waals surface area contributed by atoms with Crippen LogP contribution in [-0.4, -0.2) is 24.8 Å². The third-order valence-electron chi connectivity index (χ3n) is 3.50. The lowest BCUT2D eigenvalue weighted by atomic mass is 9.78. The van der Waals surface area contributed by atoms with Crippen LogP contribution in [0.25, 0.3) is 0 Å². The van der Waals surface area contributed by atoms with Crippen molar-refractivity contribution >= 4 is 0 Å². The molecule has 1 atom stereocenters. The average Bonchev–Trinajstić information content (AvgIpc) is 2.67. The predicted octanol–water partition coefficient (Wildman–Crippen LogP) is 1.53. The molecule has 1 unspecified atom stereocenters. The SMILES string of the molecule is Cc1ccc(C2(CO)CCNC2)c(C)c1. The molecule has 1 fully saturated rings. The van der Waals surface area contributed by atoms with Crippen molar-refractivity contribution in [3.05, 3.63) is 34.9 Å². The summed E-state index contributed by atoms with van der Waals surface area (Å²) in [7, 11) is 0. The Morgan fingerprint density at radius 2 is 2.20 bits per heavy atom. The molecule has 0 radical (unpaired) electrons. The molecule has 0 bridgehead atoms. The van der Waals surface area contributed by atoms with Gasteiger partial charge in [-0.1, -0.05) is 23.8 Å². The second-order valence-electron chi connectivity index (χ2n) is 4.68. The molecule has 1 aliphatic rings. The van der Waals surface area contributed by atoms with Crippen LogP contribution in [0.2, 0.25) is 0 Å². The zero-order valence-corrected chi connectivity index (χ0v) is 9.51. The molecule has 15 heavy (non-hydrogen) atoms. The number of aliphatic hydroxyl groups excluding tert-OH is 1. The number of nitrogens with one attached hydrogen (secondary N) is 1. The van der Waals surface area contributed by atoms with Gasteiger partial charge >= 0.3 is 0 Å². The number of hydrogen-bond donors (Lipinski definition) is 2. The smallest absolute Gasteiger partial charge is 0.0540 e. The van der Waals surface area contributed by atoms with Crippen molar-refractivity contribution in [2.45, 2.75) is 25.7 Å². The second kappa shape index (κ2) is 3.95. The Hall–Kier alpha value is -0.860. The van der Waals surface area contributed by atoms with Crippen molar-refractivity contribution in [3.63, 3.8) is 0 Å². The predicted molar refractivity (Wildman–Crippen MR) is 62.2 cm³/mol. The van der Waals surface area contributed by atoms with Gasteiger partial charge in [-0.3, -0.25) is 0 Å². The topological polar surface area (TPSA) is 32.3 Å². The van der Waals surface area contributed by atoms with E-state index in [0.717, 1.165) is 19.5 Å². The molecule has 2 heteroatoms. The molecule has 1 aliphatic heterocycles. The summed E-state index contributed by atoms with van der Waals surface area (Å²) in [6, 6.07) is 6.51. The Labute approximate surface area is 91.3 Å². The van der Waals surface area contributed by atoms with Crippen LogP contribution in [0.15, 0.2) is 18.2 Å². The first-order valence-electron chi connectivity index (χ1n) is 5.57. The fourth-order valence-corrected chi connectivity index (χ4v) is 2.60. The Balaban J connectivity index is 2.42. The number of rotatable bonds is 2. The van der Waals surface area contributed by atoms with Crippen molar-refractivity contribution in [2.24, 2.45) is 0 Å². The van der Waals surface area contributed by atoms with Crippen LogP contribution in [0.5, 0.6) is 0 Å². The largest absolute Gasteiger partial charge is 0.395 e. The van der Waals surface area contributed by atoms with Gasteiger partial charge in [0.2, 0.25) is 0 Å². The maximum absolute atomic E-state index is 9.62. The molecule has 0 aromatic heterocycles. The summed E-state index contributed by atoms with van der Waals surface area (Å²) in [4.78, 5) is 0. The maximum atomic E-state index is 9.62. The maximum Gasteiger partial charge on any atom is 0.0540 e. The normalized spacial score (nSPS) is 25.8. The summed E-state index contributed by atoms with van der Waals surface area (Å²) >= 11 is 0. The quantitative estimate of drug-likeness (QED) is 0.767. The van der Waals surface area contributed by atoms with E-state index in [4.69, 9.17) is 0 Å². The molecule has 2 N–H and O–H groups in total. The van der Waals surface area contributed by atoms with Gasteiger partial charge in [0.25, 0.3) is 0 Å². The summed E-state index contributed by atoms with van der Waals surface area (Å²) in [5.41, 5.74) is 3.85. The van der Waals surface area contributed by atoms with Gasteiger partial charge in [0.05, 0.1) is 6.61 Å². The second-order valence-corrected chi connectivity index (χ2v) is 4.68. The van der Waals surface area contributed by atoms with Crippen LogP contribution in [0.4, 0.5) is 0 Å². The van der Waals surface area contributed by atoms with Gasteiger partial charge in [0.15, 0.2) is 0 Å². The molecule has 1 saturated heterocycles. The van der Waals surface area contributed by atoms with Crippen molar-refractivity contribution in [3.8, 4) is 0 Å². The highest BCUT2D eigenvalue weighted by Gasteiger charge is 2.35. The molecule has 82 valence electrons. The third kappa shape index (κ3) is 1.80. The number of benzene rings is 1. The molecule has 2 rings (SSSR count). The van der Waals surface area contributed by atoms with Crippen LogP contribution in [-0.2, 0) is 5.41 Å². The summed E-state index contributed by atoms with van der Waals surface area (Å²) in [6.07, 6.45) is 1.04. The minimum absolute atomic E-state index is 0.0439. The van der Waals surface area contributed by atoms with Gasteiger partial charge in [0, 0.05) is 12.0 Å². The van der Waals surface area contributed by atoms with Crippen LogP contribution in [0.1, 0.15) is 23.1 Å². The fourth-order valence-electron chi connectivity index (χ4n) is 2.60. The zero-order chi connectivity index (χ0) is 10.9. The highest BCUT2D eigenvalue weighted by Crippen LogP contribution is 2.32. The van der Waals surface area contributed by atoms with E-state index in [1.807, 2.05) is 0 Å². The molecule has 1 heterocycles. The zero-order valence-electron chi connectivity index (χ0n) is 9.51. The molecule has 0 spiro atoms. The van der Waals surface area contributed by atoms with E-state index in [-0.39, 0.29) is 12.0 Å². The summed E-state index contributed by atoms with van der Waals surface area (Å²) in [5.74, 6) is 0. The number of aliphatic hydroxyl groups is 1. The Kier molecular flexibility index (Phi) is 2.81. The molecule has 0 aliphatic carbocycles. The van der Waals surface area contributed by atoms with Crippen LogP contribution < -0.4 is 5.32 Å². The van der Waals surface area contributed by atoms with E-state index < -0.39 is 0 Å². The van der Waals surface area contributed by atoms with E-state index in [1.165, 1.54) is 16.7 Å². The highest BCUT2D eigenvalue weighted by molar-refractivity contribution is 5.37.